The molecule has 1 aromatic carbocycles. The minimum Gasteiger partial charge on any atom is -0.483 e. The van der Waals surface area contributed by atoms with Gasteiger partial charge in [0.1, 0.15) is 5.75 Å². The van der Waals surface area contributed by atoms with E-state index in [-0.39, 0.29) is 18.8 Å². The Balaban J connectivity index is 1.43. The van der Waals surface area contributed by atoms with Crippen LogP contribution < -0.4 is 10.2 Å². The predicted molar refractivity (Wildman–Crippen MR) is 98.1 cm³/mol. The number of carbonyl (C=O) groups is 1. The third-order valence-electron chi connectivity index (χ3n) is 3.97. The molecule has 0 spiro atoms. The second-order valence-electron chi connectivity index (χ2n) is 5.85. The van der Waals surface area contributed by atoms with Crippen LogP contribution in [-0.4, -0.2) is 30.4 Å². The molecule has 1 fully saturated rings. The fourth-order valence-electron chi connectivity index (χ4n) is 2.81. The number of nitrogens with one attached hydrogen (secondary N) is 1. The van der Waals surface area contributed by atoms with Gasteiger partial charge in [-0.1, -0.05) is 0 Å². The van der Waals surface area contributed by atoms with Gasteiger partial charge in [0.15, 0.2) is 12.9 Å². The number of hydrogen-bond donors (Lipinski definition) is 1. The van der Waals surface area contributed by atoms with Crippen LogP contribution in [0.5, 0.6) is 5.75 Å². The Morgan fingerprint density at radius 2 is 2.40 bits per heavy atom. The third kappa shape index (κ3) is 3.62. The normalized spacial score (nSPS) is 17.9. The molecular weight excluding hydrogens is 360 g/mol. The molecule has 132 valence electrons. The van der Waals surface area contributed by atoms with E-state index in [1.165, 1.54) is 0 Å². The highest BCUT2D eigenvalue weighted by Gasteiger charge is 2.17. The first-order chi connectivity index (χ1) is 12.2. The predicted octanol–water partition coefficient (Wildman–Crippen LogP) is 3.77. The number of fused-ring (bicyclic) bond motifs is 3. The third-order valence-corrected chi connectivity index (χ3v) is 5.81. The Morgan fingerprint density at radius 1 is 1.48 bits per heavy atom. The zero-order valence-electron chi connectivity index (χ0n) is 13.7. The lowest BCUT2D eigenvalue weighted by Crippen LogP contribution is -2.35. The summed E-state index contributed by atoms with van der Waals surface area (Å²) >= 11 is 3.25. The molecule has 0 unspecified atom stereocenters. The van der Waals surface area contributed by atoms with E-state index >= 15 is 0 Å². The first-order valence-corrected chi connectivity index (χ1v) is 9.86. The van der Waals surface area contributed by atoms with Gasteiger partial charge in [-0.15, -0.1) is 22.7 Å². The first kappa shape index (κ1) is 16.7. The number of hydrogen-bond acceptors (Lipinski definition) is 7. The Bertz CT molecular complexity index is 899. The Labute approximate surface area is 152 Å². The van der Waals surface area contributed by atoms with Crippen LogP contribution in [0.1, 0.15) is 24.3 Å². The molecule has 1 aliphatic heterocycles. The summed E-state index contributed by atoms with van der Waals surface area (Å²) in [5.74, 6) is 0.356. The van der Waals surface area contributed by atoms with Crippen molar-refractivity contribution in [2.75, 3.05) is 13.2 Å². The average Bonchev–Trinajstić information content (AvgIpc) is 3.24. The molecule has 1 amide bonds. The van der Waals surface area contributed by atoms with Crippen LogP contribution in [0.2, 0.25) is 0 Å². The molecule has 25 heavy (non-hydrogen) atoms. The van der Waals surface area contributed by atoms with Gasteiger partial charge < -0.3 is 9.47 Å². The van der Waals surface area contributed by atoms with Crippen molar-refractivity contribution in [3.63, 3.8) is 0 Å². The minimum absolute atomic E-state index is 0.110. The highest BCUT2D eigenvalue weighted by Crippen LogP contribution is 2.38. The maximum absolute atomic E-state index is 12.0. The van der Waals surface area contributed by atoms with Crippen LogP contribution in [-0.2, 0) is 14.4 Å². The number of hydroxylamine groups is 1. The van der Waals surface area contributed by atoms with Crippen LogP contribution in [0.3, 0.4) is 0 Å². The van der Waals surface area contributed by atoms with Crippen molar-refractivity contribution in [1.29, 1.82) is 0 Å². The highest BCUT2D eigenvalue weighted by atomic mass is 32.1. The van der Waals surface area contributed by atoms with Gasteiger partial charge >= 0.3 is 0 Å². The van der Waals surface area contributed by atoms with E-state index in [9.17, 15) is 4.79 Å². The molecule has 8 heteroatoms. The van der Waals surface area contributed by atoms with E-state index in [4.69, 9.17) is 14.3 Å². The molecule has 3 aromatic rings. The summed E-state index contributed by atoms with van der Waals surface area (Å²) in [5, 5.41) is 4.00. The van der Waals surface area contributed by atoms with Gasteiger partial charge in [0, 0.05) is 24.5 Å². The van der Waals surface area contributed by atoms with Crippen molar-refractivity contribution in [3.05, 3.63) is 22.5 Å². The first-order valence-electron chi connectivity index (χ1n) is 8.17. The molecule has 4 rings (SSSR count). The molecule has 1 atom stereocenters. The monoisotopic (exact) mass is 378 g/mol. The number of rotatable bonds is 5. The largest absolute Gasteiger partial charge is 0.483 e. The summed E-state index contributed by atoms with van der Waals surface area (Å²) in [5.41, 5.74) is 3.41. The number of thiazole rings is 1. The van der Waals surface area contributed by atoms with Crippen molar-refractivity contribution in [2.24, 2.45) is 0 Å². The van der Waals surface area contributed by atoms with Crippen molar-refractivity contribution < 1.29 is 19.1 Å². The number of amides is 1. The van der Waals surface area contributed by atoms with Gasteiger partial charge in [-0.05, 0) is 31.2 Å². The topological polar surface area (TPSA) is 69.7 Å². The van der Waals surface area contributed by atoms with E-state index in [1.54, 1.807) is 22.7 Å². The number of aromatic nitrogens is 1. The van der Waals surface area contributed by atoms with E-state index in [0.717, 1.165) is 44.6 Å². The maximum Gasteiger partial charge on any atom is 0.281 e. The van der Waals surface area contributed by atoms with Crippen molar-refractivity contribution in [2.45, 2.75) is 32.5 Å². The van der Waals surface area contributed by atoms with Gasteiger partial charge in [0.2, 0.25) is 0 Å². The van der Waals surface area contributed by atoms with Crippen molar-refractivity contribution in [3.8, 4) is 5.75 Å². The van der Waals surface area contributed by atoms with Crippen LogP contribution in [0.15, 0.2) is 17.5 Å². The lowest BCUT2D eigenvalue weighted by molar-refractivity contribution is -0.201. The molecule has 2 aromatic heterocycles. The molecule has 3 heterocycles. The Kier molecular flexibility index (Phi) is 4.85. The molecule has 1 aliphatic rings. The molecule has 1 N–H and O–H groups in total. The van der Waals surface area contributed by atoms with E-state index < -0.39 is 0 Å². The molecule has 1 saturated heterocycles. The quantitative estimate of drug-likeness (QED) is 0.685. The van der Waals surface area contributed by atoms with Gasteiger partial charge in [-0.2, -0.15) is 0 Å². The minimum atomic E-state index is -0.363. The molecule has 0 radical (unpaired) electrons. The second kappa shape index (κ2) is 7.25. The maximum atomic E-state index is 12.0. The number of thiophene rings is 1. The Hall–Kier alpha value is -1.74. The smallest absolute Gasteiger partial charge is 0.281 e. The fourth-order valence-corrected chi connectivity index (χ4v) is 4.65. The standard InChI is InChI=1S/C17H18N2O4S2/c1-10-18-16-13(25-10)8-12(11-5-7-24-17(11)16)22-9-14(20)19-23-15-4-2-3-6-21-15/h5,7-8,15H,2-4,6,9H2,1H3,(H,19,20)/t15-/m1/s1. The number of ether oxygens (including phenoxy) is 2. The summed E-state index contributed by atoms with van der Waals surface area (Å²) in [4.78, 5) is 21.8. The lowest BCUT2D eigenvalue weighted by atomic mass is 10.2. The summed E-state index contributed by atoms with van der Waals surface area (Å²) in [6.45, 7) is 2.55. The average molecular weight is 378 g/mol. The van der Waals surface area contributed by atoms with Crippen LogP contribution in [0.4, 0.5) is 0 Å². The van der Waals surface area contributed by atoms with Crippen LogP contribution in [0.25, 0.3) is 20.3 Å². The fraction of sp³-hybridized carbons (Fsp3) is 0.412. The molecule has 6 nitrogen and oxygen atoms in total. The summed E-state index contributed by atoms with van der Waals surface area (Å²) in [7, 11) is 0. The number of nitrogens with zero attached hydrogens (tertiary/aromatic N) is 1. The molecule has 0 aliphatic carbocycles. The van der Waals surface area contributed by atoms with Gasteiger partial charge in [0.05, 0.1) is 19.9 Å². The van der Waals surface area contributed by atoms with E-state index in [2.05, 4.69) is 10.5 Å². The number of benzene rings is 1. The van der Waals surface area contributed by atoms with Gasteiger partial charge in [0.25, 0.3) is 5.91 Å². The zero-order chi connectivity index (χ0) is 17.2. The SMILES string of the molecule is Cc1nc2c(cc(OCC(=O)NO[C@@H]3CCCCO3)c3ccsc32)s1. The van der Waals surface area contributed by atoms with Crippen molar-refractivity contribution in [1.82, 2.24) is 10.5 Å². The molecule has 0 bridgehead atoms. The second-order valence-corrected chi connectivity index (χ2v) is 8.00. The van der Waals surface area contributed by atoms with E-state index in [1.807, 2.05) is 24.4 Å². The van der Waals surface area contributed by atoms with Gasteiger partial charge in [-0.3, -0.25) is 4.79 Å². The molecule has 0 saturated carbocycles. The summed E-state index contributed by atoms with van der Waals surface area (Å²) in [6.07, 6.45) is 2.50. The highest BCUT2D eigenvalue weighted by molar-refractivity contribution is 7.21. The number of carbonyl (C=O) groups excluding carboxylic acids is 1. The van der Waals surface area contributed by atoms with E-state index in [0.29, 0.717) is 12.4 Å². The van der Waals surface area contributed by atoms with Crippen LogP contribution in [0, 0.1) is 6.92 Å². The molecular formula is C17H18N2O4S2. The van der Waals surface area contributed by atoms with Gasteiger partial charge in [-0.25, -0.2) is 15.3 Å². The number of aryl methyl sites for hydroxylation is 1. The Morgan fingerprint density at radius 3 is 3.24 bits per heavy atom. The van der Waals surface area contributed by atoms with Crippen molar-refractivity contribution >= 4 is 48.9 Å². The summed E-state index contributed by atoms with van der Waals surface area (Å²) < 4.78 is 13.3. The lowest BCUT2D eigenvalue weighted by Gasteiger charge is -2.22. The summed E-state index contributed by atoms with van der Waals surface area (Å²) in [6, 6.07) is 3.95. The van der Waals surface area contributed by atoms with Crippen LogP contribution >= 0.6 is 22.7 Å². The zero-order valence-corrected chi connectivity index (χ0v) is 15.4.